The maximum absolute atomic E-state index is 12.6. The number of rotatable bonds is 7. The molecule has 0 radical (unpaired) electrons. The number of carbonyl (C=O) groups is 2. The molecule has 37 heavy (non-hydrogen) atoms. The number of hydrogen-bond acceptors (Lipinski definition) is 6. The van der Waals surface area contributed by atoms with Crippen LogP contribution >= 0.6 is 0 Å². The Hall–Kier alpha value is -4.51. The lowest BCUT2D eigenvalue weighted by Crippen LogP contribution is -2.49. The van der Waals surface area contributed by atoms with Gasteiger partial charge in [0.2, 0.25) is 0 Å². The molecule has 8 heteroatoms. The number of carbonyl (C=O) groups excluding carboxylic acids is 2. The average Bonchev–Trinajstić information content (AvgIpc) is 3.22. The van der Waals surface area contributed by atoms with E-state index in [4.69, 9.17) is 9.47 Å². The van der Waals surface area contributed by atoms with E-state index >= 15 is 0 Å². The second-order valence-electron chi connectivity index (χ2n) is 8.81. The van der Waals surface area contributed by atoms with Crippen LogP contribution in [0.1, 0.15) is 17.0 Å². The van der Waals surface area contributed by atoms with Crippen LogP contribution in [0.4, 0.5) is 5.69 Å². The average molecular weight is 499 g/mol. The highest BCUT2D eigenvalue weighted by atomic mass is 16.5. The zero-order chi connectivity index (χ0) is 26.4. The van der Waals surface area contributed by atoms with Gasteiger partial charge in [-0.15, -0.1) is 0 Å². The Balaban J connectivity index is 1.37. The molecule has 1 amide bonds. The predicted octanol–water partition coefficient (Wildman–Crippen LogP) is 3.90. The van der Waals surface area contributed by atoms with E-state index in [0.29, 0.717) is 26.2 Å². The smallest absolute Gasteiger partial charge is 0.349 e. The van der Waals surface area contributed by atoms with Crippen molar-refractivity contribution in [2.24, 2.45) is 0 Å². The number of aromatic nitrogens is 1. The van der Waals surface area contributed by atoms with Crippen LogP contribution < -0.4 is 9.64 Å². The molecule has 0 saturated carbocycles. The first-order chi connectivity index (χ1) is 17.9. The van der Waals surface area contributed by atoms with Crippen molar-refractivity contribution in [1.29, 1.82) is 5.26 Å². The largest absolute Gasteiger partial charge is 0.497 e. The molecule has 4 rings (SSSR count). The SMILES string of the molecule is COc1ccc(-n2c(C)cc(/C=C(\C#N)C(=O)OCC(=O)N3CCN(c4ccccc4)CC3)c2C)cc1. The molecular weight excluding hydrogens is 468 g/mol. The third-order valence-electron chi connectivity index (χ3n) is 6.52. The van der Waals surface area contributed by atoms with E-state index in [1.165, 1.54) is 6.08 Å². The van der Waals surface area contributed by atoms with E-state index in [9.17, 15) is 14.9 Å². The molecule has 0 spiro atoms. The van der Waals surface area contributed by atoms with Crippen LogP contribution in [-0.4, -0.2) is 61.2 Å². The Bertz CT molecular complexity index is 1330. The molecule has 2 aromatic carbocycles. The van der Waals surface area contributed by atoms with Gasteiger partial charge in [-0.1, -0.05) is 18.2 Å². The van der Waals surface area contributed by atoms with E-state index in [-0.39, 0.29) is 11.5 Å². The zero-order valence-corrected chi connectivity index (χ0v) is 21.3. The van der Waals surface area contributed by atoms with E-state index in [1.54, 1.807) is 12.0 Å². The normalized spacial score (nSPS) is 13.7. The van der Waals surface area contributed by atoms with Crippen molar-refractivity contribution in [2.45, 2.75) is 13.8 Å². The highest BCUT2D eigenvalue weighted by Crippen LogP contribution is 2.24. The highest BCUT2D eigenvalue weighted by molar-refractivity contribution is 5.99. The van der Waals surface area contributed by atoms with Crippen LogP contribution in [0.2, 0.25) is 0 Å². The quantitative estimate of drug-likeness (QED) is 0.279. The Labute approximate surface area is 216 Å². The highest BCUT2D eigenvalue weighted by Gasteiger charge is 2.23. The van der Waals surface area contributed by atoms with Gasteiger partial charge in [0.05, 0.1) is 7.11 Å². The number of anilines is 1. The van der Waals surface area contributed by atoms with Crippen LogP contribution in [0.15, 0.2) is 66.2 Å². The van der Waals surface area contributed by atoms with Crippen molar-refractivity contribution in [2.75, 3.05) is 44.8 Å². The molecule has 0 atom stereocenters. The third-order valence-corrected chi connectivity index (χ3v) is 6.52. The number of hydrogen-bond donors (Lipinski definition) is 0. The zero-order valence-electron chi connectivity index (χ0n) is 21.3. The summed E-state index contributed by atoms with van der Waals surface area (Å²) in [5.41, 5.74) is 4.45. The van der Waals surface area contributed by atoms with Gasteiger partial charge in [-0.2, -0.15) is 5.26 Å². The number of piperazine rings is 1. The number of ether oxygens (including phenoxy) is 2. The number of benzene rings is 2. The van der Waals surface area contributed by atoms with Crippen LogP contribution in [-0.2, 0) is 14.3 Å². The lowest BCUT2D eigenvalue weighted by molar-refractivity contribution is -0.148. The van der Waals surface area contributed by atoms with Crippen LogP contribution in [0, 0.1) is 25.2 Å². The molecule has 1 aliphatic rings. The second-order valence-corrected chi connectivity index (χ2v) is 8.81. The summed E-state index contributed by atoms with van der Waals surface area (Å²) in [6, 6.07) is 21.5. The van der Waals surface area contributed by atoms with Crippen molar-refractivity contribution in [3.8, 4) is 17.5 Å². The number of methoxy groups -OCH3 is 1. The standard InChI is InChI=1S/C29H30N4O4/c1-21-17-23(22(2)33(21)26-9-11-27(36-3)12-10-26)18-24(19-30)29(35)37-20-28(34)32-15-13-31(14-16-32)25-7-5-4-6-8-25/h4-12,17-18H,13-16,20H2,1-3H3/b24-18+. The van der Waals surface area contributed by atoms with Crippen molar-refractivity contribution in [3.63, 3.8) is 0 Å². The first-order valence-corrected chi connectivity index (χ1v) is 12.1. The molecular formula is C29H30N4O4. The Morgan fingerprint density at radius 3 is 2.27 bits per heavy atom. The van der Waals surface area contributed by atoms with Gasteiger partial charge in [0.1, 0.15) is 17.4 Å². The molecule has 3 aromatic rings. The number of esters is 1. The molecule has 1 aliphatic heterocycles. The first-order valence-electron chi connectivity index (χ1n) is 12.1. The molecule has 0 unspecified atom stereocenters. The lowest BCUT2D eigenvalue weighted by Gasteiger charge is -2.36. The minimum atomic E-state index is -0.812. The van der Waals surface area contributed by atoms with Gasteiger partial charge in [0.15, 0.2) is 6.61 Å². The number of para-hydroxylation sites is 1. The molecule has 1 saturated heterocycles. The molecule has 0 N–H and O–H groups in total. The van der Waals surface area contributed by atoms with Gasteiger partial charge in [0, 0.05) is 48.9 Å². The van der Waals surface area contributed by atoms with Gasteiger partial charge in [-0.25, -0.2) is 4.79 Å². The van der Waals surface area contributed by atoms with Gasteiger partial charge in [0.25, 0.3) is 5.91 Å². The van der Waals surface area contributed by atoms with Crippen molar-refractivity contribution in [3.05, 3.63) is 83.2 Å². The molecule has 190 valence electrons. The number of nitriles is 1. The minimum absolute atomic E-state index is 0.156. The van der Waals surface area contributed by atoms with Crippen molar-refractivity contribution in [1.82, 2.24) is 9.47 Å². The van der Waals surface area contributed by atoms with Gasteiger partial charge >= 0.3 is 5.97 Å². The number of amides is 1. The molecule has 8 nitrogen and oxygen atoms in total. The fourth-order valence-corrected chi connectivity index (χ4v) is 4.50. The Morgan fingerprint density at radius 2 is 1.65 bits per heavy atom. The Kier molecular flexibility index (Phi) is 7.94. The van der Waals surface area contributed by atoms with Gasteiger partial charge in [-0.05, 0) is 68.0 Å². The molecule has 2 heterocycles. The summed E-state index contributed by atoms with van der Waals surface area (Å²) in [5.74, 6) is -0.322. The topological polar surface area (TPSA) is 87.8 Å². The monoisotopic (exact) mass is 498 g/mol. The predicted molar refractivity (Wildman–Crippen MR) is 142 cm³/mol. The number of nitrogens with zero attached hydrogens (tertiary/aromatic N) is 4. The molecule has 0 aliphatic carbocycles. The third kappa shape index (κ3) is 5.84. The minimum Gasteiger partial charge on any atom is -0.497 e. The van der Waals surface area contributed by atoms with E-state index in [2.05, 4.69) is 4.90 Å². The molecule has 0 bridgehead atoms. The maximum atomic E-state index is 12.6. The summed E-state index contributed by atoms with van der Waals surface area (Å²) in [6.07, 6.45) is 1.51. The van der Waals surface area contributed by atoms with Gasteiger partial charge < -0.3 is 23.8 Å². The van der Waals surface area contributed by atoms with Crippen molar-refractivity contribution < 1.29 is 19.1 Å². The van der Waals surface area contributed by atoms with E-state index in [1.807, 2.05) is 85.1 Å². The lowest BCUT2D eigenvalue weighted by atomic mass is 10.1. The van der Waals surface area contributed by atoms with Gasteiger partial charge in [-0.3, -0.25) is 4.79 Å². The summed E-state index contributed by atoms with van der Waals surface area (Å²) in [5, 5.41) is 9.61. The maximum Gasteiger partial charge on any atom is 0.349 e. The fraction of sp³-hybridized carbons (Fsp3) is 0.276. The number of aryl methyl sites for hydroxylation is 1. The van der Waals surface area contributed by atoms with Crippen LogP contribution in [0.5, 0.6) is 5.75 Å². The summed E-state index contributed by atoms with van der Waals surface area (Å²) >= 11 is 0. The summed E-state index contributed by atoms with van der Waals surface area (Å²) in [7, 11) is 1.62. The summed E-state index contributed by atoms with van der Waals surface area (Å²) < 4.78 is 12.5. The summed E-state index contributed by atoms with van der Waals surface area (Å²) in [6.45, 7) is 5.98. The van der Waals surface area contributed by atoms with E-state index in [0.717, 1.165) is 34.1 Å². The van der Waals surface area contributed by atoms with Crippen LogP contribution in [0.3, 0.4) is 0 Å². The van der Waals surface area contributed by atoms with E-state index < -0.39 is 12.6 Å². The van der Waals surface area contributed by atoms with Crippen molar-refractivity contribution >= 4 is 23.6 Å². The second kappa shape index (κ2) is 11.5. The fourth-order valence-electron chi connectivity index (χ4n) is 4.50. The molecule has 1 aromatic heterocycles. The first kappa shape index (κ1) is 25.6. The summed E-state index contributed by atoms with van der Waals surface area (Å²) in [4.78, 5) is 29.2. The molecule has 1 fully saturated rings. The Morgan fingerprint density at radius 1 is 0.973 bits per heavy atom. The van der Waals surface area contributed by atoms with Crippen LogP contribution in [0.25, 0.3) is 11.8 Å².